The first-order valence-corrected chi connectivity index (χ1v) is 9.71. The fourth-order valence-corrected chi connectivity index (χ4v) is 3.39. The van der Waals surface area contributed by atoms with Crippen LogP contribution in [0.5, 0.6) is 17.2 Å². The molecular weight excluding hydrogens is 386 g/mol. The number of amides is 1. The fourth-order valence-electron chi connectivity index (χ4n) is 2.69. The second-order valence-electron chi connectivity index (χ2n) is 5.96. The molecule has 0 fully saturated rings. The molecule has 1 amide bonds. The van der Waals surface area contributed by atoms with Crippen molar-refractivity contribution in [1.82, 2.24) is 9.97 Å². The Kier molecular flexibility index (Phi) is 5.49. The molecule has 2 aromatic carbocycles. The Balaban J connectivity index is 1.55. The molecule has 0 aliphatic heterocycles. The van der Waals surface area contributed by atoms with Crippen LogP contribution in [0.3, 0.4) is 0 Å². The fraction of sp³-hybridized carbons (Fsp3) is 0.0455. The quantitative estimate of drug-likeness (QED) is 0.475. The van der Waals surface area contributed by atoms with Gasteiger partial charge in [-0.1, -0.05) is 30.3 Å². The average molecular weight is 403 g/mol. The number of carbonyl (C=O) groups is 1. The summed E-state index contributed by atoms with van der Waals surface area (Å²) in [7, 11) is 1.57. The van der Waals surface area contributed by atoms with Gasteiger partial charge in [0.15, 0.2) is 16.6 Å². The second kappa shape index (κ2) is 8.53. The van der Waals surface area contributed by atoms with Gasteiger partial charge >= 0.3 is 0 Å². The smallest absolute Gasteiger partial charge is 0.261 e. The first kappa shape index (κ1) is 18.6. The van der Waals surface area contributed by atoms with Crippen molar-refractivity contribution >= 4 is 22.4 Å². The van der Waals surface area contributed by atoms with Crippen LogP contribution in [0.15, 0.2) is 78.3 Å². The largest absolute Gasteiger partial charge is 0.493 e. The zero-order chi connectivity index (χ0) is 20.1. The van der Waals surface area contributed by atoms with E-state index < -0.39 is 0 Å². The molecule has 144 valence electrons. The first-order chi connectivity index (χ1) is 14.2. The van der Waals surface area contributed by atoms with Crippen LogP contribution >= 0.6 is 11.3 Å². The van der Waals surface area contributed by atoms with Crippen molar-refractivity contribution in [2.75, 3.05) is 12.4 Å². The summed E-state index contributed by atoms with van der Waals surface area (Å²) in [6, 6.07) is 19.9. The summed E-state index contributed by atoms with van der Waals surface area (Å²) in [5, 5.41) is 5.18. The van der Waals surface area contributed by atoms with Gasteiger partial charge in [-0.05, 0) is 36.4 Å². The Bertz CT molecular complexity index is 1130. The molecule has 0 spiro atoms. The molecule has 29 heavy (non-hydrogen) atoms. The number of benzene rings is 2. The molecule has 0 aliphatic rings. The summed E-state index contributed by atoms with van der Waals surface area (Å²) in [6.07, 6.45) is 1.71. The predicted octanol–water partition coefficient (Wildman–Crippen LogP) is 5.26. The monoisotopic (exact) mass is 403 g/mol. The van der Waals surface area contributed by atoms with E-state index in [9.17, 15) is 4.79 Å². The van der Waals surface area contributed by atoms with E-state index in [2.05, 4.69) is 15.3 Å². The number of methoxy groups -OCH3 is 1. The highest BCUT2D eigenvalue weighted by atomic mass is 32.1. The van der Waals surface area contributed by atoms with Crippen LogP contribution in [0.1, 0.15) is 10.4 Å². The lowest BCUT2D eigenvalue weighted by Crippen LogP contribution is -2.12. The van der Waals surface area contributed by atoms with Gasteiger partial charge < -0.3 is 9.47 Å². The summed E-state index contributed by atoms with van der Waals surface area (Å²) in [5.74, 6) is 1.23. The number of anilines is 1. The molecular formula is C22H17N3O3S. The lowest BCUT2D eigenvalue weighted by atomic mass is 10.2. The SMILES string of the molecule is COc1ccccc1Oc1ccccc1C(=O)Nc1nc(-c2ccccn2)cs1. The zero-order valence-electron chi connectivity index (χ0n) is 15.5. The van der Waals surface area contributed by atoms with E-state index in [1.165, 1.54) is 11.3 Å². The Morgan fingerprint density at radius 2 is 1.62 bits per heavy atom. The number of aromatic nitrogens is 2. The van der Waals surface area contributed by atoms with Gasteiger partial charge in [-0.2, -0.15) is 0 Å². The molecule has 0 radical (unpaired) electrons. The number of pyridine rings is 1. The molecule has 0 bridgehead atoms. The maximum absolute atomic E-state index is 12.9. The first-order valence-electron chi connectivity index (χ1n) is 8.83. The lowest BCUT2D eigenvalue weighted by molar-refractivity contribution is 0.102. The molecule has 0 saturated carbocycles. The summed E-state index contributed by atoms with van der Waals surface area (Å²) in [4.78, 5) is 21.6. The van der Waals surface area contributed by atoms with Gasteiger partial charge in [0.05, 0.1) is 18.4 Å². The molecule has 0 saturated heterocycles. The number of ether oxygens (including phenoxy) is 2. The number of hydrogen-bond donors (Lipinski definition) is 1. The summed E-state index contributed by atoms with van der Waals surface area (Å²) >= 11 is 1.34. The average Bonchev–Trinajstić information content (AvgIpc) is 3.23. The number of hydrogen-bond acceptors (Lipinski definition) is 6. The summed E-state index contributed by atoms with van der Waals surface area (Å²) in [5.41, 5.74) is 1.86. The highest BCUT2D eigenvalue weighted by Crippen LogP contribution is 2.33. The third-order valence-corrected chi connectivity index (χ3v) is 4.83. The minimum atomic E-state index is -0.308. The number of nitrogens with zero attached hydrogens (tertiary/aromatic N) is 2. The van der Waals surface area contributed by atoms with E-state index in [4.69, 9.17) is 9.47 Å². The van der Waals surface area contributed by atoms with Crippen molar-refractivity contribution in [3.05, 3.63) is 83.9 Å². The number of nitrogens with one attached hydrogen (secondary N) is 1. The van der Waals surface area contributed by atoms with Gasteiger partial charge in [0.25, 0.3) is 5.91 Å². The molecule has 0 atom stereocenters. The number of para-hydroxylation sites is 3. The van der Waals surface area contributed by atoms with Crippen LogP contribution in [0.4, 0.5) is 5.13 Å². The predicted molar refractivity (Wildman–Crippen MR) is 113 cm³/mol. The van der Waals surface area contributed by atoms with E-state index in [0.717, 1.165) is 5.69 Å². The second-order valence-corrected chi connectivity index (χ2v) is 6.81. The Morgan fingerprint density at radius 3 is 2.38 bits per heavy atom. The van der Waals surface area contributed by atoms with Crippen LogP contribution in [0.25, 0.3) is 11.4 Å². The molecule has 1 N–H and O–H groups in total. The van der Waals surface area contributed by atoms with E-state index in [-0.39, 0.29) is 5.91 Å². The molecule has 2 heterocycles. The van der Waals surface area contributed by atoms with Crippen molar-refractivity contribution in [2.24, 2.45) is 0 Å². The Hall–Kier alpha value is -3.71. The molecule has 7 heteroatoms. The zero-order valence-corrected chi connectivity index (χ0v) is 16.3. The summed E-state index contributed by atoms with van der Waals surface area (Å²) in [6.45, 7) is 0. The molecule has 0 aliphatic carbocycles. The summed E-state index contributed by atoms with van der Waals surface area (Å²) < 4.78 is 11.3. The van der Waals surface area contributed by atoms with Crippen LogP contribution in [0.2, 0.25) is 0 Å². The molecule has 4 aromatic rings. The molecule has 2 aromatic heterocycles. The molecule has 4 rings (SSSR count). The van der Waals surface area contributed by atoms with E-state index >= 15 is 0 Å². The van der Waals surface area contributed by atoms with E-state index in [0.29, 0.717) is 33.6 Å². The van der Waals surface area contributed by atoms with E-state index in [1.807, 2.05) is 41.8 Å². The normalized spacial score (nSPS) is 10.4. The van der Waals surface area contributed by atoms with Crippen molar-refractivity contribution in [3.8, 4) is 28.6 Å². The standard InChI is InChI=1S/C22H17N3O3S/c1-27-19-11-4-5-12-20(19)28-18-10-3-2-8-15(18)21(26)25-22-24-17(14-29-22)16-9-6-7-13-23-16/h2-14H,1H3,(H,24,25,26). The van der Waals surface area contributed by atoms with Crippen LogP contribution in [-0.2, 0) is 0 Å². The van der Waals surface area contributed by atoms with Crippen LogP contribution < -0.4 is 14.8 Å². The van der Waals surface area contributed by atoms with Crippen LogP contribution in [0, 0.1) is 0 Å². The van der Waals surface area contributed by atoms with Gasteiger partial charge in [0, 0.05) is 11.6 Å². The van der Waals surface area contributed by atoms with Gasteiger partial charge in [-0.25, -0.2) is 4.98 Å². The topological polar surface area (TPSA) is 73.3 Å². The van der Waals surface area contributed by atoms with Gasteiger partial charge in [0.2, 0.25) is 0 Å². The maximum Gasteiger partial charge on any atom is 0.261 e. The molecule has 6 nitrogen and oxygen atoms in total. The Labute approximate surface area is 171 Å². The highest BCUT2D eigenvalue weighted by Gasteiger charge is 2.16. The number of thiazole rings is 1. The minimum absolute atomic E-state index is 0.308. The van der Waals surface area contributed by atoms with Crippen molar-refractivity contribution in [1.29, 1.82) is 0 Å². The van der Waals surface area contributed by atoms with Gasteiger partial charge in [0.1, 0.15) is 11.4 Å². The highest BCUT2D eigenvalue weighted by molar-refractivity contribution is 7.14. The van der Waals surface area contributed by atoms with E-state index in [1.54, 1.807) is 43.6 Å². The van der Waals surface area contributed by atoms with Gasteiger partial charge in [-0.3, -0.25) is 15.1 Å². The lowest BCUT2D eigenvalue weighted by Gasteiger charge is -2.13. The maximum atomic E-state index is 12.9. The van der Waals surface area contributed by atoms with Gasteiger partial charge in [-0.15, -0.1) is 11.3 Å². The Morgan fingerprint density at radius 1 is 0.897 bits per heavy atom. The van der Waals surface area contributed by atoms with Crippen molar-refractivity contribution < 1.29 is 14.3 Å². The van der Waals surface area contributed by atoms with Crippen LogP contribution in [-0.4, -0.2) is 23.0 Å². The number of carbonyl (C=O) groups excluding carboxylic acids is 1. The minimum Gasteiger partial charge on any atom is -0.493 e. The molecule has 0 unspecified atom stereocenters. The van der Waals surface area contributed by atoms with Crippen molar-refractivity contribution in [3.63, 3.8) is 0 Å². The third kappa shape index (κ3) is 4.25. The number of rotatable bonds is 6. The van der Waals surface area contributed by atoms with Crippen molar-refractivity contribution in [2.45, 2.75) is 0 Å². The third-order valence-electron chi connectivity index (χ3n) is 4.07.